The molecular formula is C29H41F2N3O4. The van der Waals surface area contributed by atoms with Crippen LogP contribution in [0, 0.1) is 24.0 Å². The molecular weight excluding hydrogens is 492 g/mol. The van der Waals surface area contributed by atoms with Crippen LogP contribution in [0.1, 0.15) is 70.5 Å². The number of methoxy groups -OCH3 is 1. The molecule has 210 valence electrons. The van der Waals surface area contributed by atoms with Crippen LogP contribution < -0.4 is 9.64 Å². The van der Waals surface area contributed by atoms with Gasteiger partial charge in [0.05, 0.1) is 24.1 Å². The lowest BCUT2D eigenvalue weighted by Crippen LogP contribution is -2.39. The van der Waals surface area contributed by atoms with E-state index in [0.717, 1.165) is 12.8 Å². The minimum Gasteiger partial charge on any atom is -0.491 e. The number of halogens is 2. The summed E-state index contributed by atoms with van der Waals surface area (Å²) < 4.78 is 41.1. The highest BCUT2D eigenvalue weighted by molar-refractivity contribution is 5.88. The van der Waals surface area contributed by atoms with E-state index in [1.165, 1.54) is 19.2 Å². The molecule has 9 heteroatoms. The zero-order valence-corrected chi connectivity index (χ0v) is 24.0. The summed E-state index contributed by atoms with van der Waals surface area (Å²) in [6.45, 7) is 13.3. The molecule has 7 nitrogen and oxygen atoms in total. The molecule has 1 atom stereocenters. The van der Waals surface area contributed by atoms with Crippen LogP contribution in [-0.2, 0) is 16.1 Å². The molecule has 38 heavy (non-hydrogen) atoms. The van der Waals surface area contributed by atoms with E-state index in [2.05, 4.69) is 18.7 Å². The zero-order valence-electron chi connectivity index (χ0n) is 24.0. The second-order valence-corrected chi connectivity index (χ2v) is 12.1. The molecule has 2 heterocycles. The summed E-state index contributed by atoms with van der Waals surface area (Å²) in [6, 6.07) is 2.46. The van der Waals surface area contributed by atoms with Gasteiger partial charge >= 0.3 is 5.97 Å². The van der Waals surface area contributed by atoms with Crippen LogP contribution in [0.15, 0.2) is 12.1 Å². The molecule has 0 amide bonds. The maximum atomic E-state index is 15.0. The number of aromatic nitrogens is 1. The minimum absolute atomic E-state index is 0.123. The first-order chi connectivity index (χ1) is 17.5. The van der Waals surface area contributed by atoms with E-state index in [4.69, 9.17) is 14.5 Å². The third-order valence-electron chi connectivity index (χ3n) is 6.82. The average Bonchev–Trinajstić information content (AvgIpc) is 2.76. The molecule has 0 saturated carbocycles. The third kappa shape index (κ3) is 6.61. The van der Waals surface area contributed by atoms with Crippen molar-refractivity contribution < 1.29 is 28.2 Å². The quantitative estimate of drug-likeness (QED) is 0.448. The number of nitrogens with zero attached hydrogens (tertiary/aromatic N) is 3. The van der Waals surface area contributed by atoms with Gasteiger partial charge in [0.2, 0.25) is 0 Å². The van der Waals surface area contributed by atoms with E-state index in [-0.39, 0.29) is 11.0 Å². The Hall–Kier alpha value is -2.78. The van der Waals surface area contributed by atoms with Gasteiger partial charge in [-0.2, -0.15) is 0 Å². The molecule has 1 aliphatic heterocycles. The SMILES string of the molecule is COc1c(F)cc(-c2c(CN(C)C)nc(C)c([C@H](OC(C)(C)C)C(=O)O)c2N2CCC(C)(C)CC2)cc1F. The summed E-state index contributed by atoms with van der Waals surface area (Å²) in [6.07, 6.45) is 0.423. The monoisotopic (exact) mass is 533 g/mol. The fourth-order valence-electron chi connectivity index (χ4n) is 4.94. The molecule has 0 unspecified atom stereocenters. The Balaban J connectivity index is 2.44. The van der Waals surface area contributed by atoms with Gasteiger partial charge in [-0.3, -0.25) is 4.98 Å². The van der Waals surface area contributed by atoms with E-state index in [1.807, 2.05) is 19.0 Å². The number of aryl methyl sites for hydroxylation is 1. The summed E-state index contributed by atoms with van der Waals surface area (Å²) in [7, 11) is 4.98. The topological polar surface area (TPSA) is 75.1 Å². The average molecular weight is 534 g/mol. The van der Waals surface area contributed by atoms with Crippen LogP contribution in [0.5, 0.6) is 5.75 Å². The number of pyridine rings is 1. The Morgan fingerprint density at radius 2 is 1.74 bits per heavy atom. The van der Waals surface area contributed by atoms with Gasteiger partial charge in [-0.05, 0) is 77.7 Å². The summed E-state index contributed by atoms with van der Waals surface area (Å²) in [5.41, 5.74) is 2.24. The smallest absolute Gasteiger partial charge is 0.337 e. The van der Waals surface area contributed by atoms with Gasteiger partial charge in [0.25, 0.3) is 0 Å². The number of hydrogen-bond acceptors (Lipinski definition) is 6. The predicted molar refractivity (Wildman–Crippen MR) is 145 cm³/mol. The van der Waals surface area contributed by atoms with Crippen LogP contribution >= 0.6 is 0 Å². The van der Waals surface area contributed by atoms with Gasteiger partial charge in [-0.15, -0.1) is 0 Å². The largest absolute Gasteiger partial charge is 0.491 e. The van der Waals surface area contributed by atoms with Crippen molar-refractivity contribution in [1.82, 2.24) is 9.88 Å². The van der Waals surface area contributed by atoms with Gasteiger partial charge in [0, 0.05) is 36.5 Å². The van der Waals surface area contributed by atoms with Crippen molar-refractivity contribution in [3.63, 3.8) is 0 Å². The molecule has 1 fully saturated rings. The molecule has 3 rings (SSSR count). The van der Waals surface area contributed by atoms with E-state index in [9.17, 15) is 9.90 Å². The summed E-state index contributed by atoms with van der Waals surface area (Å²) in [4.78, 5) is 21.5. The highest BCUT2D eigenvalue weighted by Gasteiger charge is 2.37. The number of benzene rings is 1. The number of aliphatic carboxylic acids is 1. The van der Waals surface area contributed by atoms with Crippen molar-refractivity contribution in [1.29, 1.82) is 0 Å². The number of piperidine rings is 1. The number of ether oxygens (including phenoxy) is 2. The fraction of sp³-hybridized carbons (Fsp3) is 0.586. The molecule has 0 bridgehead atoms. The van der Waals surface area contributed by atoms with Crippen molar-refractivity contribution in [2.45, 2.75) is 72.6 Å². The van der Waals surface area contributed by atoms with E-state index >= 15 is 8.78 Å². The number of carboxylic acids is 1. The van der Waals surface area contributed by atoms with Crippen LogP contribution in [0.25, 0.3) is 11.1 Å². The first-order valence-corrected chi connectivity index (χ1v) is 12.9. The van der Waals surface area contributed by atoms with E-state index in [1.54, 1.807) is 27.7 Å². The molecule has 0 radical (unpaired) electrons. The third-order valence-corrected chi connectivity index (χ3v) is 6.82. The lowest BCUT2D eigenvalue weighted by atomic mass is 9.81. The second kappa shape index (κ2) is 11.1. The second-order valence-electron chi connectivity index (χ2n) is 12.1. The highest BCUT2D eigenvalue weighted by Crippen LogP contribution is 2.46. The summed E-state index contributed by atoms with van der Waals surface area (Å²) in [5.74, 6) is -3.30. The number of carboxylic acid groups (broad SMARTS) is 1. The Kier molecular flexibility index (Phi) is 8.73. The van der Waals surface area contributed by atoms with Crippen molar-refractivity contribution in [2.24, 2.45) is 5.41 Å². The van der Waals surface area contributed by atoms with Gasteiger partial charge in [-0.25, -0.2) is 13.6 Å². The Morgan fingerprint density at radius 3 is 2.18 bits per heavy atom. The summed E-state index contributed by atoms with van der Waals surface area (Å²) >= 11 is 0. The predicted octanol–water partition coefficient (Wildman–Crippen LogP) is 5.97. The van der Waals surface area contributed by atoms with Crippen LogP contribution in [0.2, 0.25) is 0 Å². The van der Waals surface area contributed by atoms with Gasteiger partial charge in [0.1, 0.15) is 0 Å². The standard InChI is InChI=1S/C29H41F2N3O4/c1-17-22(26(27(35)36)38-28(2,3)4)24(34-12-10-29(5,6)11-13-34)23(21(32-17)16-33(7)8)18-14-19(30)25(37-9)20(31)15-18/h14-15,26H,10-13,16H2,1-9H3,(H,35,36)/t26-/m0/s1. The Bertz CT molecular complexity index is 1160. The van der Waals surface area contributed by atoms with Crippen molar-refractivity contribution in [3.05, 3.63) is 40.7 Å². The Labute approximate surface area is 224 Å². The lowest BCUT2D eigenvalue weighted by Gasteiger charge is -2.41. The molecule has 0 aliphatic carbocycles. The first-order valence-electron chi connectivity index (χ1n) is 12.9. The maximum absolute atomic E-state index is 15.0. The highest BCUT2D eigenvalue weighted by atomic mass is 19.1. The van der Waals surface area contributed by atoms with Gasteiger partial charge < -0.3 is 24.4 Å². The molecule has 2 aromatic rings. The number of hydrogen-bond donors (Lipinski definition) is 1. The Morgan fingerprint density at radius 1 is 1.18 bits per heavy atom. The van der Waals surface area contributed by atoms with E-state index < -0.39 is 35.1 Å². The van der Waals surface area contributed by atoms with Crippen molar-refractivity contribution >= 4 is 11.7 Å². The molecule has 1 saturated heterocycles. The lowest BCUT2D eigenvalue weighted by molar-refractivity contribution is -0.160. The van der Waals surface area contributed by atoms with Crippen LogP contribution in [0.3, 0.4) is 0 Å². The summed E-state index contributed by atoms with van der Waals surface area (Å²) in [5, 5.41) is 10.3. The number of rotatable bonds is 8. The number of carbonyl (C=O) groups is 1. The molecule has 1 aliphatic rings. The molecule has 1 aromatic heterocycles. The first kappa shape index (κ1) is 29.8. The van der Waals surface area contributed by atoms with Gasteiger partial charge in [0.15, 0.2) is 23.5 Å². The molecule has 0 spiro atoms. The zero-order chi connectivity index (χ0) is 28.6. The van der Waals surface area contributed by atoms with Crippen LogP contribution in [0.4, 0.5) is 14.5 Å². The van der Waals surface area contributed by atoms with Gasteiger partial charge in [-0.1, -0.05) is 13.8 Å². The molecule has 1 aromatic carbocycles. The van der Waals surface area contributed by atoms with Crippen molar-refractivity contribution in [2.75, 3.05) is 39.2 Å². The normalized spacial score (nSPS) is 16.6. The number of anilines is 1. The van der Waals surface area contributed by atoms with Crippen molar-refractivity contribution in [3.8, 4) is 16.9 Å². The fourth-order valence-corrected chi connectivity index (χ4v) is 4.94. The maximum Gasteiger partial charge on any atom is 0.337 e. The molecule has 1 N–H and O–H groups in total. The van der Waals surface area contributed by atoms with Crippen LogP contribution in [-0.4, -0.2) is 60.9 Å². The van der Waals surface area contributed by atoms with E-state index in [0.29, 0.717) is 47.8 Å². The minimum atomic E-state index is -1.33.